The number of piperazine rings is 1. The minimum atomic E-state index is -1.09. The molecule has 0 radical (unpaired) electrons. The number of aliphatic hydroxyl groups excluding tert-OH is 1. The molecule has 4 rings (SSSR count). The normalized spacial score (nSPS) is 18.0. The van der Waals surface area contributed by atoms with Gasteiger partial charge in [0.2, 0.25) is 0 Å². The van der Waals surface area contributed by atoms with Crippen molar-refractivity contribution in [2.45, 2.75) is 31.4 Å². The maximum atomic E-state index is 14.7. The van der Waals surface area contributed by atoms with Gasteiger partial charge >= 0.3 is 5.97 Å². The number of nitrogens with zero attached hydrogens (tertiary/aromatic N) is 3. The number of benzene rings is 2. The molecule has 1 fully saturated rings. The molecule has 0 bridgehead atoms. The summed E-state index contributed by atoms with van der Waals surface area (Å²) in [4.78, 5) is 20.2. The zero-order valence-corrected chi connectivity index (χ0v) is 19.9. The van der Waals surface area contributed by atoms with Gasteiger partial charge in [-0.15, -0.1) is 0 Å². The van der Waals surface area contributed by atoms with Crippen LogP contribution in [0.2, 0.25) is 0 Å². The first kappa shape index (κ1) is 25.0. The van der Waals surface area contributed by atoms with Crippen molar-refractivity contribution in [3.8, 4) is 5.75 Å². The van der Waals surface area contributed by atoms with E-state index >= 15 is 0 Å². The Morgan fingerprint density at radius 1 is 1.20 bits per heavy atom. The molecule has 2 heterocycles. The van der Waals surface area contributed by atoms with Crippen LogP contribution in [0.5, 0.6) is 5.75 Å². The Kier molecular flexibility index (Phi) is 8.28. The highest BCUT2D eigenvalue weighted by Gasteiger charge is 2.32. The van der Waals surface area contributed by atoms with Crippen molar-refractivity contribution in [1.29, 1.82) is 0 Å². The number of aryl methyl sites for hydroxylation is 1. The summed E-state index contributed by atoms with van der Waals surface area (Å²) in [6, 6.07) is 14.7. The molecule has 2 atom stereocenters. The van der Waals surface area contributed by atoms with Crippen LogP contribution in [0.25, 0.3) is 10.9 Å². The standard InChI is InChI=1S/C27H32FN3O4/c1-35-20-9-10-23-21(16-20)26(22(28)17-29-23)25(32)11-13-31-15-14-30(18-24(31)27(33)34)12-5-8-19-6-3-2-4-7-19/h2-4,6-7,9-10,16-17,24-25,32H,5,8,11-15,18H2,1H3,(H,33,34)/t24-,25?/m1/s1. The smallest absolute Gasteiger partial charge is 0.322 e. The number of carboxylic acid groups (broad SMARTS) is 1. The fraction of sp³-hybridized carbons (Fsp3) is 0.407. The quantitative estimate of drug-likeness (QED) is 0.458. The number of rotatable bonds is 10. The van der Waals surface area contributed by atoms with Crippen molar-refractivity contribution in [3.63, 3.8) is 0 Å². The van der Waals surface area contributed by atoms with Crippen molar-refractivity contribution in [1.82, 2.24) is 14.8 Å². The van der Waals surface area contributed by atoms with E-state index in [1.54, 1.807) is 18.2 Å². The van der Waals surface area contributed by atoms with Gasteiger partial charge in [0.15, 0.2) is 0 Å². The number of halogens is 1. The molecule has 1 aliphatic heterocycles. The van der Waals surface area contributed by atoms with Crippen molar-refractivity contribution >= 4 is 16.9 Å². The van der Waals surface area contributed by atoms with Gasteiger partial charge in [0.25, 0.3) is 0 Å². The number of hydrogen-bond acceptors (Lipinski definition) is 6. The Morgan fingerprint density at radius 2 is 2.00 bits per heavy atom. The summed E-state index contributed by atoms with van der Waals surface area (Å²) in [5.41, 5.74) is 2.01. The molecular weight excluding hydrogens is 449 g/mol. The summed E-state index contributed by atoms with van der Waals surface area (Å²) < 4.78 is 19.9. The molecule has 35 heavy (non-hydrogen) atoms. The minimum Gasteiger partial charge on any atom is -0.497 e. The monoisotopic (exact) mass is 481 g/mol. The average Bonchev–Trinajstić information content (AvgIpc) is 2.87. The Morgan fingerprint density at radius 3 is 2.74 bits per heavy atom. The predicted octanol–water partition coefficient (Wildman–Crippen LogP) is 3.51. The minimum absolute atomic E-state index is 0.167. The largest absolute Gasteiger partial charge is 0.497 e. The highest BCUT2D eigenvalue weighted by atomic mass is 19.1. The van der Waals surface area contributed by atoms with Crippen LogP contribution in [-0.2, 0) is 11.2 Å². The van der Waals surface area contributed by atoms with E-state index in [2.05, 4.69) is 22.0 Å². The van der Waals surface area contributed by atoms with Gasteiger partial charge in [0.1, 0.15) is 17.6 Å². The van der Waals surface area contributed by atoms with Gasteiger partial charge in [-0.25, -0.2) is 4.39 Å². The number of aliphatic carboxylic acids is 1. The third-order valence-corrected chi connectivity index (χ3v) is 6.73. The molecule has 8 heteroatoms. The van der Waals surface area contributed by atoms with Crippen LogP contribution in [0.4, 0.5) is 4.39 Å². The summed E-state index contributed by atoms with van der Waals surface area (Å²) >= 11 is 0. The summed E-state index contributed by atoms with van der Waals surface area (Å²) in [5.74, 6) is -0.915. The van der Waals surface area contributed by atoms with E-state index in [-0.39, 0.29) is 12.0 Å². The second-order valence-corrected chi connectivity index (χ2v) is 8.99. The van der Waals surface area contributed by atoms with E-state index in [0.717, 1.165) is 32.1 Å². The molecule has 1 aliphatic rings. The first-order valence-corrected chi connectivity index (χ1v) is 12.0. The Balaban J connectivity index is 1.37. The van der Waals surface area contributed by atoms with Crippen LogP contribution >= 0.6 is 0 Å². The molecule has 0 aliphatic carbocycles. The molecular formula is C27H32FN3O4. The van der Waals surface area contributed by atoms with E-state index in [9.17, 15) is 19.4 Å². The fourth-order valence-electron chi connectivity index (χ4n) is 4.80. The lowest BCUT2D eigenvalue weighted by atomic mass is 10.00. The number of fused-ring (bicyclic) bond motifs is 1. The highest BCUT2D eigenvalue weighted by molar-refractivity contribution is 5.84. The molecule has 1 saturated heterocycles. The van der Waals surface area contributed by atoms with Crippen LogP contribution in [0.1, 0.15) is 30.1 Å². The zero-order chi connectivity index (χ0) is 24.8. The summed E-state index contributed by atoms with van der Waals surface area (Å²) in [7, 11) is 1.53. The van der Waals surface area contributed by atoms with Gasteiger partial charge in [-0.2, -0.15) is 0 Å². The Hall–Kier alpha value is -3.07. The molecule has 7 nitrogen and oxygen atoms in total. The number of aromatic nitrogens is 1. The van der Waals surface area contributed by atoms with Crippen molar-refractivity contribution < 1.29 is 24.1 Å². The average molecular weight is 482 g/mol. The van der Waals surface area contributed by atoms with E-state index in [1.165, 1.54) is 12.7 Å². The SMILES string of the molecule is COc1ccc2ncc(F)c(C(O)CCN3CCN(CCCc4ccccc4)C[C@@H]3C(=O)O)c2c1. The number of aliphatic hydroxyl groups is 1. The summed E-state index contributed by atoms with van der Waals surface area (Å²) in [6.07, 6.45) is 2.16. The summed E-state index contributed by atoms with van der Waals surface area (Å²) in [6.45, 7) is 2.97. The number of methoxy groups -OCH3 is 1. The fourth-order valence-corrected chi connectivity index (χ4v) is 4.80. The molecule has 186 valence electrons. The van der Waals surface area contributed by atoms with E-state index in [4.69, 9.17) is 4.74 Å². The Labute approximate surface area is 204 Å². The molecule has 0 spiro atoms. The Bertz CT molecular complexity index is 1140. The molecule has 0 amide bonds. The van der Waals surface area contributed by atoms with E-state index in [0.29, 0.717) is 36.3 Å². The van der Waals surface area contributed by atoms with Gasteiger partial charge in [-0.05, 0) is 49.6 Å². The molecule has 0 saturated carbocycles. The highest BCUT2D eigenvalue weighted by Crippen LogP contribution is 2.31. The number of ether oxygens (including phenoxy) is 1. The van der Waals surface area contributed by atoms with Crippen molar-refractivity contribution in [2.75, 3.05) is 39.8 Å². The molecule has 1 aromatic heterocycles. The topological polar surface area (TPSA) is 86.1 Å². The first-order valence-electron chi connectivity index (χ1n) is 12.0. The van der Waals surface area contributed by atoms with Gasteiger partial charge in [-0.3, -0.25) is 19.6 Å². The number of hydrogen-bond donors (Lipinski definition) is 2. The van der Waals surface area contributed by atoms with Crippen LogP contribution in [-0.4, -0.2) is 76.8 Å². The number of pyridine rings is 1. The lowest BCUT2D eigenvalue weighted by Crippen LogP contribution is -2.56. The third-order valence-electron chi connectivity index (χ3n) is 6.73. The third kappa shape index (κ3) is 6.14. The maximum absolute atomic E-state index is 14.7. The van der Waals surface area contributed by atoms with Crippen LogP contribution < -0.4 is 4.74 Å². The second-order valence-electron chi connectivity index (χ2n) is 8.99. The predicted molar refractivity (Wildman–Crippen MR) is 132 cm³/mol. The van der Waals surface area contributed by atoms with Crippen LogP contribution in [0, 0.1) is 5.82 Å². The lowest BCUT2D eigenvalue weighted by Gasteiger charge is -2.39. The lowest BCUT2D eigenvalue weighted by molar-refractivity contribution is -0.146. The van der Waals surface area contributed by atoms with Crippen LogP contribution in [0.15, 0.2) is 54.7 Å². The second kappa shape index (κ2) is 11.6. The van der Waals surface area contributed by atoms with Gasteiger partial charge in [0.05, 0.1) is 24.9 Å². The van der Waals surface area contributed by atoms with Gasteiger partial charge in [0, 0.05) is 37.1 Å². The van der Waals surface area contributed by atoms with Crippen molar-refractivity contribution in [3.05, 3.63) is 71.7 Å². The van der Waals surface area contributed by atoms with Gasteiger partial charge in [-0.1, -0.05) is 30.3 Å². The molecule has 2 aromatic carbocycles. The zero-order valence-electron chi connectivity index (χ0n) is 19.9. The summed E-state index contributed by atoms with van der Waals surface area (Å²) in [5, 5.41) is 21.2. The van der Waals surface area contributed by atoms with Crippen molar-refractivity contribution in [2.24, 2.45) is 0 Å². The first-order chi connectivity index (χ1) is 17.0. The molecule has 1 unspecified atom stereocenters. The van der Waals surface area contributed by atoms with Crippen LogP contribution in [0.3, 0.4) is 0 Å². The number of carbonyl (C=O) groups is 1. The molecule has 2 N–H and O–H groups in total. The van der Waals surface area contributed by atoms with E-state index < -0.39 is 23.9 Å². The maximum Gasteiger partial charge on any atom is 0.322 e. The van der Waals surface area contributed by atoms with E-state index in [1.807, 2.05) is 23.1 Å². The molecule has 3 aromatic rings. The number of carboxylic acids is 1. The van der Waals surface area contributed by atoms with Gasteiger partial charge < -0.3 is 14.9 Å².